The molecule has 7 nitrogen and oxygen atoms in total. The van der Waals surface area contributed by atoms with Crippen molar-refractivity contribution in [2.24, 2.45) is 0 Å². The molecular formula is C23H21F3N2O5S2. The maximum atomic E-state index is 14.4. The molecule has 2 heterocycles. The molecule has 3 aromatic rings. The average molecular weight is 527 g/mol. The van der Waals surface area contributed by atoms with Crippen LogP contribution in [0.15, 0.2) is 53.6 Å². The highest BCUT2D eigenvalue weighted by atomic mass is 32.2. The number of amides is 1. The summed E-state index contributed by atoms with van der Waals surface area (Å²) in [7, 11) is -3.63. The van der Waals surface area contributed by atoms with Crippen LogP contribution in [0, 0.1) is 16.8 Å². The topological polar surface area (TPSA) is 94.6 Å². The molecule has 1 atom stereocenters. The highest BCUT2D eigenvalue weighted by Crippen LogP contribution is 2.33. The van der Waals surface area contributed by atoms with Gasteiger partial charge >= 0.3 is 0 Å². The Morgan fingerprint density at radius 3 is 2.43 bits per heavy atom. The number of hydrogen-bond donors (Lipinski definition) is 1. The third kappa shape index (κ3) is 5.34. The summed E-state index contributed by atoms with van der Waals surface area (Å²) in [5.74, 6) is -3.10. The van der Waals surface area contributed by atoms with E-state index in [1.807, 2.05) is 0 Å². The first-order valence-electron chi connectivity index (χ1n) is 10.6. The first-order valence-corrected chi connectivity index (χ1v) is 12.9. The molecular weight excluding hydrogens is 505 g/mol. The highest BCUT2D eigenvalue weighted by molar-refractivity contribution is 7.92. The van der Waals surface area contributed by atoms with Crippen LogP contribution in [0.3, 0.4) is 0 Å². The van der Waals surface area contributed by atoms with Crippen molar-refractivity contribution >= 4 is 32.2 Å². The lowest BCUT2D eigenvalue weighted by atomic mass is 9.94. The SMILES string of the molecule is CC(Oc1ccc(F)cc1F)(C(=O)Nc1ncc(F)s1)c1ccc(S(=O)(=O)C2CCOCC2)cc1. The van der Waals surface area contributed by atoms with E-state index in [2.05, 4.69) is 10.3 Å². The number of rotatable bonds is 7. The summed E-state index contributed by atoms with van der Waals surface area (Å²) in [5, 5.41) is 1.16. The standard InChI is InChI=1S/C23H21F3N2O5S2/c1-23(21(29)28-22-27-13-20(26)34-22,33-19-7-4-15(24)12-18(19)25)14-2-5-16(6-3-14)35(30,31)17-8-10-32-11-9-17/h2-7,12-13,17H,8-11H2,1H3,(H,27,28,29). The van der Waals surface area contributed by atoms with Gasteiger partial charge in [0.15, 0.2) is 31.7 Å². The zero-order valence-electron chi connectivity index (χ0n) is 18.5. The van der Waals surface area contributed by atoms with Gasteiger partial charge in [-0.05, 0) is 44.0 Å². The number of hydrogen-bond acceptors (Lipinski definition) is 7. The maximum Gasteiger partial charge on any atom is 0.274 e. The number of carbonyl (C=O) groups is 1. The van der Waals surface area contributed by atoms with E-state index in [0.717, 1.165) is 18.3 Å². The molecule has 1 aliphatic heterocycles. The van der Waals surface area contributed by atoms with Crippen molar-refractivity contribution in [2.75, 3.05) is 18.5 Å². The molecule has 0 spiro atoms. The van der Waals surface area contributed by atoms with Gasteiger partial charge in [-0.2, -0.15) is 4.39 Å². The summed E-state index contributed by atoms with van der Waals surface area (Å²) in [4.78, 5) is 17.0. The van der Waals surface area contributed by atoms with Crippen molar-refractivity contribution in [2.45, 2.75) is 35.5 Å². The Kier molecular flexibility index (Phi) is 7.15. The number of aromatic nitrogens is 1. The van der Waals surface area contributed by atoms with Crippen LogP contribution in [0.5, 0.6) is 5.75 Å². The highest BCUT2D eigenvalue weighted by Gasteiger charge is 2.40. The van der Waals surface area contributed by atoms with Gasteiger partial charge in [-0.25, -0.2) is 22.2 Å². The van der Waals surface area contributed by atoms with Crippen molar-refractivity contribution in [1.82, 2.24) is 4.98 Å². The Morgan fingerprint density at radius 1 is 1.14 bits per heavy atom. The fourth-order valence-electron chi connectivity index (χ4n) is 3.68. The van der Waals surface area contributed by atoms with Gasteiger partial charge < -0.3 is 9.47 Å². The van der Waals surface area contributed by atoms with Gasteiger partial charge in [0.2, 0.25) is 5.60 Å². The minimum absolute atomic E-state index is 0.0550. The van der Waals surface area contributed by atoms with Gasteiger partial charge in [-0.15, -0.1) is 0 Å². The third-order valence-corrected chi connectivity index (χ3v) is 8.66. The number of carbonyl (C=O) groups excluding carboxylic acids is 1. The molecule has 1 saturated heterocycles. The van der Waals surface area contributed by atoms with Crippen LogP contribution in [0.4, 0.5) is 18.3 Å². The van der Waals surface area contributed by atoms with Crippen LogP contribution in [0.2, 0.25) is 0 Å². The second-order valence-electron chi connectivity index (χ2n) is 8.01. The van der Waals surface area contributed by atoms with E-state index in [1.54, 1.807) is 0 Å². The molecule has 0 radical (unpaired) electrons. The molecule has 1 unspecified atom stereocenters. The van der Waals surface area contributed by atoms with Crippen LogP contribution in [-0.4, -0.2) is 37.8 Å². The molecule has 0 bridgehead atoms. The van der Waals surface area contributed by atoms with Gasteiger partial charge in [0.1, 0.15) is 5.82 Å². The Bertz CT molecular complexity index is 1330. The smallest absolute Gasteiger partial charge is 0.274 e. The van der Waals surface area contributed by atoms with Crippen molar-refractivity contribution < 1.29 is 35.9 Å². The van der Waals surface area contributed by atoms with Crippen LogP contribution in [0.1, 0.15) is 25.3 Å². The summed E-state index contributed by atoms with van der Waals surface area (Å²) in [6.45, 7) is 2.04. The zero-order valence-corrected chi connectivity index (χ0v) is 20.1. The Balaban J connectivity index is 1.69. The molecule has 1 amide bonds. The molecule has 1 N–H and O–H groups in total. The predicted molar refractivity (Wildman–Crippen MR) is 123 cm³/mol. The van der Waals surface area contributed by atoms with Crippen LogP contribution >= 0.6 is 11.3 Å². The second kappa shape index (κ2) is 9.96. The number of halogens is 3. The molecule has 1 fully saturated rings. The lowest BCUT2D eigenvalue weighted by Crippen LogP contribution is -2.43. The average Bonchev–Trinajstić information content (AvgIpc) is 3.25. The summed E-state index contributed by atoms with van der Waals surface area (Å²) >= 11 is 0.582. The fraction of sp³-hybridized carbons (Fsp3) is 0.304. The Morgan fingerprint density at radius 2 is 1.83 bits per heavy atom. The maximum absolute atomic E-state index is 14.4. The third-order valence-electron chi connectivity index (χ3n) is 5.68. The molecule has 12 heteroatoms. The van der Waals surface area contributed by atoms with E-state index in [9.17, 15) is 26.4 Å². The predicted octanol–water partition coefficient (Wildman–Crippen LogP) is 4.45. The van der Waals surface area contributed by atoms with E-state index in [4.69, 9.17) is 9.47 Å². The molecule has 1 aliphatic rings. The van der Waals surface area contributed by atoms with E-state index in [-0.39, 0.29) is 15.6 Å². The molecule has 0 aliphatic carbocycles. The van der Waals surface area contributed by atoms with Crippen molar-refractivity contribution in [3.8, 4) is 5.75 Å². The van der Waals surface area contributed by atoms with Gasteiger partial charge in [0, 0.05) is 24.8 Å². The van der Waals surface area contributed by atoms with E-state index in [0.29, 0.717) is 43.5 Å². The number of anilines is 1. The minimum Gasteiger partial charge on any atom is -0.470 e. The first-order chi connectivity index (χ1) is 16.6. The number of sulfone groups is 1. The second-order valence-corrected chi connectivity index (χ2v) is 11.2. The Labute approximate surface area is 203 Å². The van der Waals surface area contributed by atoms with Crippen LogP contribution < -0.4 is 10.1 Å². The van der Waals surface area contributed by atoms with Gasteiger partial charge in [-0.3, -0.25) is 10.1 Å². The molecule has 35 heavy (non-hydrogen) atoms. The van der Waals surface area contributed by atoms with Gasteiger partial charge in [0.25, 0.3) is 5.91 Å². The summed E-state index contributed by atoms with van der Waals surface area (Å²) in [6.07, 6.45) is 1.68. The normalized spacial score (nSPS) is 16.5. The molecule has 1 aromatic heterocycles. The van der Waals surface area contributed by atoms with Gasteiger partial charge in [-0.1, -0.05) is 23.5 Å². The van der Waals surface area contributed by atoms with E-state index < -0.39 is 49.1 Å². The van der Waals surface area contributed by atoms with E-state index >= 15 is 0 Å². The summed E-state index contributed by atoms with van der Waals surface area (Å²) < 4.78 is 78.1. The molecule has 4 rings (SSSR count). The summed E-state index contributed by atoms with van der Waals surface area (Å²) in [6, 6.07) is 8.07. The van der Waals surface area contributed by atoms with Gasteiger partial charge in [0.05, 0.1) is 16.3 Å². The molecule has 186 valence electrons. The monoisotopic (exact) mass is 526 g/mol. The quantitative estimate of drug-likeness (QED) is 0.489. The van der Waals surface area contributed by atoms with Crippen molar-refractivity contribution in [3.63, 3.8) is 0 Å². The fourth-order valence-corrected chi connectivity index (χ4v) is 5.94. The van der Waals surface area contributed by atoms with Crippen LogP contribution in [0.25, 0.3) is 0 Å². The minimum atomic E-state index is -3.63. The lowest BCUT2D eigenvalue weighted by molar-refractivity contribution is -0.130. The van der Waals surface area contributed by atoms with Crippen LogP contribution in [-0.2, 0) is 25.0 Å². The summed E-state index contributed by atoms with van der Waals surface area (Å²) in [5.41, 5.74) is -1.73. The Hall–Kier alpha value is -2.96. The largest absolute Gasteiger partial charge is 0.470 e. The number of nitrogens with one attached hydrogen (secondary N) is 1. The van der Waals surface area contributed by atoms with E-state index in [1.165, 1.54) is 31.2 Å². The number of benzene rings is 2. The molecule has 0 saturated carbocycles. The number of thiazole rings is 1. The zero-order chi connectivity index (χ0) is 25.2. The van der Waals surface area contributed by atoms with Crippen molar-refractivity contribution in [1.29, 1.82) is 0 Å². The number of nitrogens with zero attached hydrogens (tertiary/aromatic N) is 1. The lowest BCUT2D eigenvalue weighted by Gasteiger charge is -2.30. The van der Waals surface area contributed by atoms with Crippen molar-refractivity contribution in [3.05, 3.63) is 71.0 Å². The molecule has 2 aromatic carbocycles. The number of ether oxygens (including phenoxy) is 2. The first kappa shape index (κ1) is 25.1.